The highest BCUT2D eigenvalue weighted by molar-refractivity contribution is 7.18. The normalized spacial score (nSPS) is 10.1. The first-order chi connectivity index (χ1) is 7.65. The van der Waals surface area contributed by atoms with Gasteiger partial charge >= 0.3 is 0 Å². The molecule has 2 rings (SSSR count). The second-order valence-corrected chi connectivity index (χ2v) is 4.75. The number of carbonyl (C=O) groups excluding carboxylic acids is 1. The third-order valence-corrected chi connectivity index (χ3v) is 3.05. The Kier molecular flexibility index (Phi) is 3.07. The number of nitrogens with two attached hydrogens (primary N) is 1. The second kappa shape index (κ2) is 4.51. The fourth-order valence-corrected chi connectivity index (χ4v) is 2.03. The highest BCUT2D eigenvalue weighted by atomic mass is 35.5. The number of carbonyl (C=O) groups is 1. The number of pyridine rings is 1. The number of hydrogen-bond donors (Lipinski definition) is 2. The molecule has 0 aromatic carbocycles. The minimum Gasteiger partial charge on any atom is -0.397 e. The molecule has 0 aliphatic rings. The first kappa shape index (κ1) is 10.9. The molecular formula is C10H8ClN3OS. The standard InChI is InChI=1S/C10H8ClN3OS/c11-8-3-2-7(16-8)10(15)14-9-4-1-6(12)5-13-9/h1-5H,12H2,(H,13,14,15). The number of hydrogen-bond acceptors (Lipinski definition) is 4. The zero-order valence-electron chi connectivity index (χ0n) is 8.11. The topological polar surface area (TPSA) is 68.0 Å². The van der Waals surface area contributed by atoms with E-state index in [1.165, 1.54) is 17.5 Å². The Bertz CT molecular complexity index is 509. The first-order valence-corrected chi connectivity index (χ1v) is 5.63. The Labute approximate surface area is 101 Å². The van der Waals surface area contributed by atoms with Crippen molar-refractivity contribution < 1.29 is 4.79 Å². The lowest BCUT2D eigenvalue weighted by Gasteiger charge is -2.02. The molecule has 3 N–H and O–H groups in total. The van der Waals surface area contributed by atoms with E-state index in [1.807, 2.05) is 0 Å². The van der Waals surface area contributed by atoms with Crippen molar-refractivity contribution in [3.63, 3.8) is 0 Å². The number of anilines is 2. The molecule has 0 bridgehead atoms. The maximum absolute atomic E-state index is 11.7. The van der Waals surface area contributed by atoms with Gasteiger partial charge in [-0.25, -0.2) is 4.98 Å². The SMILES string of the molecule is Nc1ccc(NC(=O)c2ccc(Cl)s2)nc1. The van der Waals surface area contributed by atoms with E-state index in [0.29, 0.717) is 20.7 Å². The minimum atomic E-state index is -0.228. The fraction of sp³-hybridized carbons (Fsp3) is 0. The van der Waals surface area contributed by atoms with Gasteiger partial charge in [0, 0.05) is 0 Å². The summed E-state index contributed by atoms with van der Waals surface area (Å²) in [7, 11) is 0. The van der Waals surface area contributed by atoms with E-state index in [0.717, 1.165) is 0 Å². The zero-order valence-corrected chi connectivity index (χ0v) is 9.68. The third-order valence-electron chi connectivity index (χ3n) is 1.82. The minimum absolute atomic E-state index is 0.228. The second-order valence-electron chi connectivity index (χ2n) is 3.03. The van der Waals surface area contributed by atoms with Gasteiger partial charge in [-0.2, -0.15) is 0 Å². The van der Waals surface area contributed by atoms with Crippen molar-refractivity contribution in [3.8, 4) is 0 Å². The van der Waals surface area contributed by atoms with Gasteiger partial charge in [-0.1, -0.05) is 11.6 Å². The highest BCUT2D eigenvalue weighted by Gasteiger charge is 2.09. The summed E-state index contributed by atoms with van der Waals surface area (Å²) in [5.74, 6) is 0.234. The molecule has 0 saturated carbocycles. The largest absolute Gasteiger partial charge is 0.397 e. The van der Waals surface area contributed by atoms with Gasteiger partial charge < -0.3 is 11.1 Å². The Morgan fingerprint density at radius 1 is 1.38 bits per heavy atom. The molecule has 0 atom stereocenters. The summed E-state index contributed by atoms with van der Waals surface area (Å²) in [6.45, 7) is 0. The summed E-state index contributed by atoms with van der Waals surface area (Å²) in [4.78, 5) is 16.2. The van der Waals surface area contributed by atoms with Gasteiger partial charge in [0.15, 0.2) is 0 Å². The fourth-order valence-electron chi connectivity index (χ4n) is 1.09. The van der Waals surface area contributed by atoms with Gasteiger partial charge in [-0.15, -0.1) is 11.3 Å². The third kappa shape index (κ3) is 2.50. The van der Waals surface area contributed by atoms with E-state index in [-0.39, 0.29) is 5.91 Å². The summed E-state index contributed by atoms with van der Waals surface area (Å²) in [5.41, 5.74) is 6.03. The molecule has 2 heterocycles. The summed E-state index contributed by atoms with van der Waals surface area (Å²) >= 11 is 6.95. The van der Waals surface area contributed by atoms with Crippen LogP contribution in [0.15, 0.2) is 30.5 Å². The Balaban J connectivity index is 2.10. The summed E-state index contributed by atoms with van der Waals surface area (Å²) in [6, 6.07) is 6.66. The quantitative estimate of drug-likeness (QED) is 0.865. The molecular weight excluding hydrogens is 246 g/mol. The molecule has 0 unspecified atom stereocenters. The zero-order chi connectivity index (χ0) is 11.5. The van der Waals surface area contributed by atoms with Crippen LogP contribution in [0.25, 0.3) is 0 Å². The maximum Gasteiger partial charge on any atom is 0.266 e. The number of nitrogens with zero attached hydrogens (tertiary/aromatic N) is 1. The molecule has 0 aliphatic carbocycles. The van der Waals surface area contributed by atoms with Gasteiger partial charge in [0.25, 0.3) is 5.91 Å². The number of rotatable bonds is 2. The van der Waals surface area contributed by atoms with Crippen molar-refractivity contribution in [2.24, 2.45) is 0 Å². The van der Waals surface area contributed by atoms with Crippen LogP contribution in [-0.4, -0.2) is 10.9 Å². The van der Waals surface area contributed by atoms with Crippen molar-refractivity contribution in [1.29, 1.82) is 0 Å². The highest BCUT2D eigenvalue weighted by Crippen LogP contribution is 2.22. The molecule has 0 aliphatic heterocycles. The average Bonchev–Trinajstić information content (AvgIpc) is 2.68. The Morgan fingerprint density at radius 2 is 2.19 bits per heavy atom. The lowest BCUT2D eigenvalue weighted by Crippen LogP contribution is -2.11. The van der Waals surface area contributed by atoms with Crippen LogP contribution in [-0.2, 0) is 0 Å². The van der Waals surface area contributed by atoms with Gasteiger partial charge in [-0.05, 0) is 24.3 Å². The maximum atomic E-state index is 11.7. The van der Waals surface area contributed by atoms with E-state index in [2.05, 4.69) is 10.3 Å². The van der Waals surface area contributed by atoms with E-state index in [4.69, 9.17) is 17.3 Å². The van der Waals surface area contributed by atoms with E-state index in [9.17, 15) is 4.79 Å². The molecule has 0 radical (unpaired) electrons. The van der Waals surface area contributed by atoms with Gasteiger partial charge in [0.05, 0.1) is 21.1 Å². The monoisotopic (exact) mass is 253 g/mol. The van der Waals surface area contributed by atoms with E-state index < -0.39 is 0 Å². The predicted octanol–water partition coefficient (Wildman–Crippen LogP) is 2.63. The van der Waals surface area contributed by atoms with Crippen LogP contribution in [0, 0.1) is 0 Å². The van der Waals surface area contributed by atoms with Crippen LogP contribution >= 0.6 is 22.9 Å². The van der Waals surface area contributed by atoms with Crippen molar-refractivity contribution in [3.05, 3.63) is 39.7 Å². The summed E-state index contributed by atoms with van der Waals surface area (Å²) < 4.78 is 0.579. The lowest BCUT2D eigenvalue weighted by atomic mass is 10.4. The molecule has 2 aromatic rings. The average molecular weight is 254 g/mol. The van der Waals surface area contributed by atoms with Crippen LogP contribution < -0.4 is 11.1 Å². The van der Waals surface area contributed by atoms with Gasteiger partial charge in [-0.3, -0.25) is 4.79 Å². The lowest BCUT2D eigenvalue weighted by molar-refractivity contribution is 0.103. The molecule has 1 amide bonds. The number of halogens is 1. The Morgan fingerprint density at radius 3 is 2.75 bits per heavy atom. The number of nitrogens with one attached hydrogen (secondary N) is 1. The predicted molar refractivity (Wildman–Crippen MR) is 65.9 cm³/mol. The van der Waals surface area contributed by atoms with E-state index >= 15 is 0 Å². The van der Waals surface area contributed by atoms with Gasteiger partial charge in [0.2, 0.25) is 0 Å². The van der Waals surface area contributed by atoms with Crippen LogP contribution in [0.5, 0.6) is 0 Å². The van der Waals surface area contributed by atoms with Crippen LogP contribution in [0.1, 0.15) is 9.67 Å². The van der Waals surface area contributed by atoms with Gasteiger partial charge in [0.1, 0.15) is 5.82 Å². The van der Waals surface area contributed by atoms with Crippen LogP contribution in [0.2, 0.25) is 4.34 Å². The molecule has 2 aromatic heterocycles. The number of aromatic nitrogens is 1. The van der Waals surface area contributed by atoms with Crippen molar-refractivity contribution in [2.45, 2.75) is 0 Å². The summed E-state index contributed by atoms with van der Waals surface area (Å²) in [5, 5.41) is 2.64. The molecule has 0 fully saturated rings. The van der Waals surface area contributed by atoms with Crippen molar-refractivity contribution >= 4 is 40.4 Å². The molecule has 16 heavy (non-hydrogen) atoms. The summed E-state index contributed by atoms with van der Waals surface area (Å²) in [6.07, 6.45) is 1.48. The number of nitrogen functional groups attached to an aromatic ring is 1. The van der Waals surface area contributed by atoms with Crippen molar-refractivity contribution in [1.82, 2.24) is 4.98 Å². The van der Waals surface area contributed by atoms with Crippen LogP contribution in [0.3, 0.4) is 0 Å². The Hall–Kier alpha value is -1.59. The first-order valence-electron chi connectivity index (χ1n) is 4.43. The van der Waals surface area contributed by atoms with Crippen LogP contribution in [0.4, 0.5) is 11.5 Å². The molecule has 0 saturated heterocycles. The molecule has 6 heteroatoms. The molecule has 82 valence electrons. The number of amides is 1. The molecule has 0 spiro atoms. The number of thiophene rings is 1. The smallest absolute Gasteiger partial charge is 0.266 e. The van der Waals surface area contributed by atoms with E-state index in [1.54, 1.807) is 24.3 Å². The van der Waals surface area contributed by atoms with Crippen molar-refractivity contribution in [2.75, 3.05) is 11.1 Å². The molecule has 4 nitrogen and oxygen atoms in total.